The largest absolute Gasteiger partial charge is 0.463 e. The maximum atomic E-state index is 14.1. The molecule has 0 radical (unpaired) electrons. The molecule has 2 aromatic carbocycles. The second kappa shape index (κ2) is 37.1. The number of rotatable bonds is 39. The SMILES string of the molecule is CCCCCCCCCCCCCCCCCCC(=O)N[C@@H](COCc1cn(CCO[C@@H]2OC(COC(C)=O)[C@@H](C)[C@H](C)C2OC(C)=O)nn1)C(=O)N[C@H](CCC(=O)OCc1ccccc1)C(=O)OCc1ccccc1. The number of benzene rings is 2. The first-order chi connectivity index (χ1) is 36.8. The van der Waals surface area contributed by atoms with Crippen LogP contribution in [0.4, 0.5) is 0 Å². The molecule has 1 saturated heterocycles. The molecule has 2 unspecified atom stereocenters. The van der Waals surface area contributed by atoms with Crippen LogP contribution >= 0.6 is 0 Å². The Bertz CT molecular complexity index is 2120. The van der Waals surface area contributed by atoms with Crippen LogP contribution in [0, 0.1) is 11.8 Å². The highest BCUT2D eigenvalue weighted by atomic mass is 16.7. The van der Waals surface area contributed by atoms with Gasteiger partial charge in [-0.2, -0.15) is 0 Å². The summed E-state index contributed by atoms with van der Waals surface area (Å²) in [6, 6.07) is 15.8. The molecule has 1 fully saturated rings. The molecule has 76 heavy (non-hydrogen) atoms. The third kappa shape index (κ3) is 25.9. The van der Waals surface area contributed by atoms with E-state index in [1.165, 1.54) is 95.6 Å². The van der Waals surface area contributed by atoms with E-state index >= 15 is 0 Å². The number of aromatic nitrogens is 3. The van der Waals surface area contributed by atoms with Gasteiger partial charge in [0.1, 0.15) is 37.6 Å². The van der Waals surface area contributed by atoms with Gasteiger partial charge in [-0.3, -0.25) is 24.0 Å². The fraction of sp³-hybridized carbons (Fsp3) is 0.655. The highest BCUT2D eigenvalue weighted by molar-refractivity contribution is 5.91. The molecule has 1 aromatic heterocycles. The van der Waals surface area contributed by atoms with Gasteiger partial charge in [-0.25, -0.2) is 9.48 Å². The number of ether oxygens (including phenoxy) is 7. The summed E-state index contributed by atoms with van der Waals surface area (Å²) in [5.74, 6) is -3.54. The molecule has 0 saturated carbocycles. The Kier molecular flexibility index (Phi) is 30.7. The van der Waals surface area contributed by atoms with Gasteiger partial charge >= 0.3 is 23.9 Å². The van der Waals surface area contributed by atoms with Crippen molar-refractivity contribution in [3.05, 3.63) is 83.7 Å². The molecule has 2 heterocycles. The minimum atomic E-state index is -1.25. The summed E-state index contributed by atoms with van der Waals surface area (Å²) in [6.45, 7) is 8.75. The lowest BCUT2D eigenvalue weighted by atomic mass is 9.83. The van der Waals surface area contributed by atoms with Crippen LogP contribution in [-0.2, 0) is 88.3 Å². The third-order valence-electron chi connectivity index (χ3n) is 13.6. The Hall–Kier alpha value is -5.72. The number of nitrogens with one attached hydrogen (secondary N) is 2. The van der Waals surface area contributed by atoms with Gasteiger partial charge in [0.25, 0.3) is 0 Å². The predicted octanol–water partition coefficient (Wildman–Crippen LogP) is 9.19. The molecule has 1 aliphatic rings. The topological polar surface area (TPSA) is 222 Å². The number of nitrogens with zero attached hydrogens (tertiary/aromatic N) is 3. The zero-order chi connectivity index (χ0) is 54.8. The highest BCUT2D eigenvalue weighted by Gasteiger charge is 2.44. The van der Waals surface area contributed by atoms with Crippen molar-refractivity contribution < 1.29 is 61.9 Å². The molecule has 2 amide bonds. The van der Waals surface area contributed by atoms with Crippen molar-refractivity contribution >= 4 is 35.7 Å². The molecule has 0 spiro atoms. The Morgan fingerprint density at radius 3 is 1.82 bits per heavy atom. The van der Waals surface area contributed by atoms with Crippen molar-refractivity contribution in [1.82, 2.24) is 25.6 Å². The van der Waals surface area contributed by atoms with E-state index in [0.29, 0.717) is 12.1 Å². The van der Waals surface area contributed by atoms with Crippen LogP contribution in [0.25, 0.3) is 0 Å². The number of carbonyl (C=O) groups excluding carboxylic acids is 6. The van der Waals surface area contributed by atoms with E-state index in [1.54, 1.807) is 18.3 Å². The Morgan fingerprint density at radius 1 is 0.658 bits per heavy atom. The van der Waals surface area contributed by atoms with Crippen LogP contribution in [0.3, 0.4) is 0 Å². The van der Waals surface area contributed by atoms with E-state index in [4.69, 9.17) is 33.2 Å². The van der Waals surface area contributed by atoms with Crippen molar-refractivity contribution in [2.45, 2.75) is 214 Å². The van der Waals surface area contributed by atoms with Gasteiger partial charge in [0, 0.05) is 32.6 Å². The first kappa shape index (κ1) is 62.8. The fourth-order valence-electron chi connectivity index (χ4n) is 8.90. The van der Waals surface area contributed by atoms with Gasteiger partial charge in [0.2, 0.25) is 11.8 Å². The van der Waals surface area contributed by atoms with Crippen molar-refractivity contribution in [3.8, 4) is 0 Å². The lowest BCUT2D eigenvalue weighted by Gasteiger charge is -2.43. The van der Waals surface area contributed by atoms with Gasteiger partial charge in [0.15, 0.2) is 12.4 Å². The molecule has 0 aliphatic carbocycles. The minimum absolute atomic E-state index is 0.0274. The van der Waals surface area contributed by atoms with E-state index in [2.05, 4.69) is 27.9 Å². The number of amides is 2. The summed E-state index contributed by atoms with van der Waals surface area (Å²) >= 11 is 0. The van der Waals surface area contributed by atoms with Crippen LogP contribution in [0.15, 0.2) is 66.9 Å². The van der Waals surface area contributed by atoms with E-state index in [0.717, 1.165) is 30.4 Å². The summed E-state index contributed by atoms with van der Waals surface area (Å²) in [7, 11) is 0. The molecule has 422 valence electrons. The molecule has 3 aromatic rings. The molecular formula is C58H87N5O13. The minimum Gasteiger partial charge on any atom is -0.463 e. The summed E-state index contributed by atoms with van der Waals surface area (Å²) in [6.07, 6.45) is 18.8. The van der Waals surface area contributed by atoms with Crippen LogP contribution < -0.4 is 10.6 Å². The number of esters is 4. The second-order valence-corrected chi connectivity index (χ2v) is 20.0. The average molecular weight is 1060 g/mol. The number of hydrogen-bond acceptors (Lipinski definition) is 15. The van der Waals surface area contributed by atoms with Crippen molar-refractivity contribution in [3.63, 3.8) is 0 Å². The van der Waals surface area contributed by atoms with Crippen molar-refractivity contribution in [2.75, 3.05) is 19.8 Å². The van der Waals surface area contributed by atoms with E-state index < -0.39 is 60.4 Å². The summed E-state index contributed by atoms with van der Waals surface area (Å²) in [5.41, 5.74) is 1.96. The van der Waals surface area contributed by atoms with E-state index in [1.807, 2.05) is 62.4 Å². The Labute approximate surface area is 450 Å². The smallest absolute Gasteiger partial charge is 0.328 e. The first-order valence-corrected chi connectivity index (χ1v) is 27.9. The highest BCUT2D eigenvalue weighted by Crippen LogP contribution is 2.34. The predicted molar refractivity (Wildman–Crippen MR) is 285 cm³/mol. The standard InChI is InChI=1S/C58H87N5O13/c1-6-7-8-9-10-11-12-13-14-15-16-17-18-19-20-27-32-53(66)59-51(56(68)60-50(57(69)74-39-48-30-25-22-26-31-48)33-34-54(67)73-38-47-28-23-21-24-29-47)41-70-40-49-37-63(62-61-49)35-36-71-58-55(75-46(5)65)44(3)43(2)52(76-58)42-72-45(4)64/h21-26,28-31,37,43-44,50-52,55,58H,6-20,27,32-36,38-42H2,1-5H3,(H,59,66)(H,60,68)/t43-,44-,50+,51-,52?,55?,58+/m0/s1. The second-order valence-electron chi connectivity index (χ2n) is 20.0. The summed E-state index contributed by atoms with van der Waals surface area (Å²) < 4.78 is 41.6. The molecular weight excluding hydrogens is 975 g/mol. The zero-order valence-corrected chi connectivity index (χ0v) is 45.9. The quantitative estimate of drug-likeness (QED) is 0.0309. The summed E-state index contributed by atoms with van der Waals surface area (Å²) in [4.78, 5) is 77.6. The number of carbonyl (C=O) groups is 6. The average Bonchev–Trinajstić information content (AvgIpc) is 3.87. The van der Waals surface area contributed by atoms with Crippen LogP contribution in [-0.4, -0.2) is 101 Å². The molecule has 1 aliphatic heterocycles. The van der Waals surface area contributed by atoms with Gasteiger partial charge in [-0.15, -0.1) is 5.10 Å². The molecule has 2 N–H and O–H groups in total. The molecule has 4 rings (SSSR count). The lowest BCUT2D eigenvalue weighted by Crippen LogP contribution is -2.53. The maximum absolute atomic E-state index is 14.1. The van der Waals surface area contributed by atoms with Gasteiger partial charge in [0.05, 0.1) is 38.7 Å². The Balaban J connectivity index is 1.32. The van der Waals surface area contributed by atoms with E-state index in [-0.39, 0.29) is 83.2 Å². The van der Waals surface area contributed by atoms with Crippen LogP contribution in [0.5, 0.6) is 0 Å². The van der Waals surface area contributed by atoms with Crippen molar-refractivity contribution in [2.24, 2.45) is 11.8 Å². The maximum Gasteiger partial charge on any atom is 0.328 e. The lowest BCUT2D eigenvalue weighted by molar-refractivity contribution is -0.280. The Morgan fingerprint density at radius 2 is 1.24 bits per heavy atom. The van der Waals surface area contributed by atoms with Gasteiger partial charge in [-0.05, 0) is 29.9 Å². The molecule has 7 atom stereocenters. The van der Waals surface area contributed by atoms with Crippen LogP contribution in [0.2, 0.25) is 0 Å². The monoisotopic (exact) mass is 1060 g/mol. The summed E-state index contributed by atoms with van der Waals surface area (Å²) in [5, 5.41) is 13.9. The van der Waals surface area contributed by atoms with Gasteiger partial charge in [-0.1, -0.05) is 183 Å². The normalized spacial score (nSPS) is 18.0. The number of unbranched alkanes of at least 4 members (excludes halogenated alkanes) is 15. The zero-order valence-electron chi connectivity index (χ0n) is 45.9. The van der Waals surface area contributed by atoms with Crippen LogP contribution in [0.1, 0.15) is 173 Å². The molecule has 0 bridgehead atoms. The third-order valence-corrected chi connectivity index (χ3v) is 13.6. The molecule has 18 nitrogen and oxygen atoms in total. The first-order valence-electron chi connectivity index (χ1n) is 27.9. The van der Waals surface area contributed by atoms with E-state index in [9.17, 15) is 28.8 Å². The van der Waals surface area contributed by atoms with Crippen molar-refractivity contribution in [1.29, 1.82) is 0 Å². The van der Waals surface area contributed by atoms with Gasteiger partial charge < -0.3 is 43.8 Å². The fourth-order valence-corrected chi connectivity index (χ4v) is 8.90. The number of hydrogen-bond donors (Lipinski definition) is 2. The molecule has 18 heteroatoms.